The Morgan fingerprint density at radius 2 is 2.00 bits per heavy atom. The molecule has 0 spiro atoms. The molecule has 2 nitrogen and oxygen atoms in total. The molecule has 58 valence electrons. The van der Waals surface area contributed by atoms with Gasteiger partial charge in [0.25, 0.3) is 0 Å². The molecule has 11 heavy (non-hydrogen) atoms. The van der Waals surface area contributed by atoms with Crippen LogP contribution in [0.15, 0.2) is 30.3 Å². The fourth-order valence-electron chi connectivity index (χ4n) is 0.832. The number of rotatable bonds is 3. The van der Waals surface area contributed by atoms with Crippen molar-refractivity contribution in [3.05, 3.63) is 35.9 Å². The number of hydrazine groups is 1. The minimum atomic E-state index is 0.671. The van der Waals surface area contributed by atoms with Crippen molar-refractivity contribution >= 4 is 17.7 Å². The molecule has 0 saturated carbocycles. The van der Waals surface area contributed by atoms with E-state index in [0.29, 0.717) is 6.54 Å². The topological polar surface area (TPSA) is 29.3 Å². The van der Waals surface area contributed by atoms with Gasteiger partial charge in [-0.1, -0.05) is 42.5 Å². The summed E-state index contributed by atoms with van der Waals surface area (Å²) >= 11 is 4.65. The van der Waals surface area contributed by atoms with Gasteiger partial charge in [0.05, 0.1) is 12.0 Å². The first kappa shape index (κ1) is 8.17. The molecule has 0 aromatic heterocycles. The van der Waals surface area contributed by atoms with Crippen LogP contribution in [-0.2, 0) is 6.54 Å². The van der Waals surface area contributed by atoms with Crippen LogP contribution in [0.5, 0.6) is 0 Å². The van der Waals surface area contributed by atoms with E-state index < -0.39 is 0 Å². The summed E-state index contributed by atoms with van der Waals surface area (Å²) in [7, 11) is 0. The van der Waals surface area contributed by atoms with E-state index >= 15 is 0 Å². The molecule has 0 aliphatic carbocycles. The molecule has 2 N–H and O–H groups in total. The summed E-state index contributed by atoms with van der Waals surface area (Å²) in [5.74, 6) is 5.48. The number of nitrogens with zero attached hydrogens (tertiary/aromatic N) is 1. The number of thiocarbonyl (C=S) groups is 1. The van der Waals surface area contributed by atoms with Crippen LogP contribution in [0.1, 0.15) is 5.56 Å². The molecule has 0 atom stereocenters. The van der Waals surface area contributed by atoms with Crippen molar-refractivity contribution in [2.24, 2.45) is 5.84 Å². The van der Waals surface area contributed by atoms with E-state index in [4.69, 9.17) is 5.84 Å². The molecular formula is C8H10N2S. The lowest BCUT2D eigenvalue weighted by molar-refractivity contribution is 0.455. The second-order valence-electron chi connectivity index (χ2n) is 2.26. The van der Waals surface area contributed by atoms with Crippen LogP contribution < -0.4 is 5.84 Å². The second-order valence-corrected chi connectivity index (χ2v) is 2.47. The van der Waals surface area contributed by atoms with Gasteiger partial charge in [-0.15, -0.1) is 0 Å². The standard InChI is InChI=1S/C8H10N2S/c9-10(7-11)6-8-4-2-1-3-5-8/h1-5,7H,6,9H2. The van der Waals surface area contributed by atoms with Gasteiger partial charge in [0.2, 0.25) is 0 Å². The first-order chi connectivity index (χ1) is 5.33. The predicted molar refractivity (Wildman–Crippen MR) is 49.8 cm³/mol. The molecule has 0 radical (unpaired) electrons. The van der Waals surface area contributed by atoms with Gasteiger partial charge in [-0.3, -0.25) is 0 Å². The Morgan fingerprint density at radius 3 is 2.55 bits per heavy atom. The van der Waals surface area contributed by atoms with E-state index in [1.54, 1.807) is 0 Å². The van der Waals surface area contributed by atoms with Crippen LogP contribution in [0.3, 0.4) is 0 Å². The van der Waals surface area contributed by atoms with Crippen molar-refractivity contribution in [2.45, 2.75) is 6.54 Å². The van der Waals surface area contributed by atoms with E-state index in [-0.39, 0.29) is 0 Å². The number of benzene rings is 1. The lowest BCUT2D eigenvalue weighted by Crippen LogP contribution is -2.27. The zero-order valence-electron chi connectivity index (χ0n) is 6.10. The maximum Gasteiger partial charge on any atom is 0.0789 e. The van der Waals surface area contributed by atoms with Crippen LogP contribution in [0.25, 0.3) is 0 Å². The molecule has 0 saturated heterocycles. The van der Waals surface area contributed by atoms with Gasteiger partial charge in [-0.05, 0) is 5.56 Å². The van der Waals surface area contributed by atoms with Gasteiger partial charge in [0.15, 0.2) is 0 Å². The van der Waals surface area contributed by atoms with Gasteiger partial charge in [-0.25, -0.2) is 5.84 Å². The minimum Gasteiger partial charge on any atom is -0.303 e. The maximum absolute atomic E-state index is 5.48. The predicted octanol–water partition coefficient (Wildman–Crippen LogP) is 1.32. The summed E-state index contributed by atoms with van der Waals surface area (Å²) in [6.45, 7) is 0.671. The molecule has 0 heterocycles. The van der Waals surface area contributed by atoms with Gasteiger partial charge in [-0.2, -0.15) is 0 Å². The minimum absolute atomic E-state index is 0.671. The van der Waals surface area contributed by atoms with Crippen LogP contribution in [0, 0.1) is 0 Å². The molecule has 0 amide bonds. The van der Waals surface area contributed by atoms with Crippen molar-refractivity contribution in [1.82, 2.24) is 5.01 Å². The van der Waals surface area contributed by atoms with Crippen molar-refractivity contribution in [3.63, 3.8) is 0 Å². The molecule has 1 aromatic carbocycles. The molecule has 0 aliphatic rings. The lowest BCUT2D eigenvalue weighted by atomic mass is 10.2. The summed E-state index contributed by atoms with van der Waals surface area (Å²) in [6, 6.07) is 9.96. The molecule has 0 aliphatic heterocycles. The maximum atomic E-state index is 5.48. The first-order valence-electron chi connectivity index (χ1n) is 3.33. The third-order valence-electron chi connectivity index (χ3n) is 1.34. The van der Waals surface area contributed by atoms with Crippen molar-refractivity contribution in [2.75, 3.05) is 0 Å². The Bertz CT molecular complexity index is 223. The SMILES string of the molecule is NN(C=S)Cc1ccccc1. The third kappa shape index (κ3) is 2.65. The number of hydrogen-bond acceptors (Lipinski definition) is 2. The van der Waals surface area contributed by atoms with Crippen molar-refractivity contribution in [1.29, 1.82) is 0 Å². The highest BCUT2D eigenvalue weighted by atomic mass is 32.1. The fourth-order valence-corrected chi connectivity index (χ4v) is 0.906. The van der Waals surface area contributed by atoms with E-state index in [1.165, 1.54) is 10.5 Å². The van der Waals surface area contributed by atoms with Gasteiger partial charge < -0.3 is 5.01 Å². The average molecular weight is 166 g/mol. The van der Waals surface area contributed by atoms with Gasteiger partial charge in [0, 0.05) is 0 Å². The number of nitrogens with two attached hydrogens (primary N) is 1. The monoisotopic (exact) mass is 166 g/mol. The summed E-state index contributed by atoms with van der Waals surface area (Å²) < 4.78 is 0. The molecule has 1 rings (SSSR count). The zero-order valence-corrected chi connectivity index (χ0v) is 6.92. The molecule has 0 bridgehead atoms. The molecule has 3 heteroatoms. The number of hydrogen-bond donors (Lipinski definition) is 1. The lowest BCUT2D eigenvalue weighted by Gasteiger charge is -2.10. The van der Waals surface area contributed by atoms with Crippen LogP contribution in [0.2, 0.25) is 0 Å². The zero-order chi connectivity index (χ0) is 8.10. The highest BCUT2D eigenvalue weighted by molar-refractivity contribution is 7.78. The molecule has 1 aromatic rings. The quantitative estimate of drug-likeness (QED) is 0.417. The van der Waals surface area contributed by atoms with E-state index in [9.17, 15) is 0 Å². The smallest absolute Gasteiger partial charge is 0.0789 e. The van der Waals surface area contributed by atoms with Crippen LogP contribution in [0.4, 0.5) is 0 Å². The molecular weight excluding hydrogens is 156 g/mol. The summed E-state index contributed by atoms with van der Waals surface area (Å²) in [6.07, 6.45) is 0. The first-order valence-corrected chi connectivity index (χ1v) is 3.80. The van der Waals surface area contributed by atoms with Crippen LogP contribution in [-0.4, -0.2) is 10.5 Å². The largest absolute Gasteiger partial charge is 0.303 e. The Hall–Kier alpha value is -0.930. The van der Waals surface area contributed by atoms with E-state index in [1.807, 2.05) is 30.3 Å². The molecule has 0 fully saturated rings. The average Bonchev–Trinajstić information content (AvgIpc) is 2.06. The third-order valence-corrected chi connectivity index (χ3v) is 1.61. The van der Waals surface area contributed by atoms with Crippen LogP contribution >= 0.6 is 12.2 Å². The van der Waals surface area contributed by atoms with Gasteiger partial charge in [0.1, 0.15) is 0 Å². The van der Waals surface area contributed by atoms with Crippen molar-refractivity contribution in [3.8, 4) is 0 Å². The Morgan fingerprint density at radius 1 is 1.36 bits per heavy atom. The fraction of sp³-hybridized carbons (Fsp3) is 0.125. The Balaban J connectivity index is 2.57. The Labute approximate surface area is 71.6 Å². The molecule has 0 unspecified atom stereocenters. The second kappa shape index (κ2) is 4.05. The summed E-state index contributed by atoms with van der Waals surface area (Å²) in [5.41, 5.74) is 2.60. The van der Waals surface area contributed by atoms with E-state index in [0.717, 1.165) is 5.56 Å². The summed E-state index contributed by atoms with van der Waals surface area (Å²) in [5, 5.41) is 1.48. The highest BCUT2D eigenvalue weighted by Gasteiger charge is 1.92. The van der Waals surface area contributed by atoms with E-state index in [2.05, 4.69) is 12.2 Å². The Kier molecular flexibility index (Phi) is 3.01. The highest BCUT2D eigenvalue weighted by Crippen LogP contribution is 1.99. The van der Waals surface area contributed by atoms with Gasteiger partial charge >= 0.3 is 0 Å². The normalized spacial score (nSPS) is 9.18. The summed E-state index contributed by atoms with van der Waals surface area (Å²) in [4.78, 5) is 0. The van der Waals surface area contributed by atoms with Crippen molar-refractivity contribution < 1.29 is 0 Å².